The molecule has 0 amide bonds. The molecule has 0 aliphatic rings. The molecule has 1 aromatic carbocycles. The van der Waals surface area contributed by atoms with Crippen LogP contribution in [-0.2, 0) is 20.2 Å². The van der Waals surface area contributed by atoms with E-state index in [9.17, 15) is 34.4 Å². The van der Waals surface area contributed by atoms with Crippen LogP contribution in [0.3, 0.4) is 0 Å². The maximum absolute atomic E-state index is 13.5. The highest BCUT2D eigenvalue weighted by atomic mass is 32.2. The van der Waals surface area contributed by atoms with Gasteiger partial charge in [0.25, 0.3) is 0 Å². The lowest BCUT2D eigenvalue weighted by molar-refractivity contribution is -0.105. The minimum atomic E-state index is -6.71. The molecule has 0 saturated carbocycles. The van der Waals surface area contributed by atoms with Crippen LogP contribution in [0, 0.1) is 5.41 Å². The molecule has 0 aliphatic carbocycles. The van der Waals surface area contributed by atoms with Gasteiger partial charge in [0.15, 0.2) is 0 Å². The Kier molecular flexibility index (Phi) is 5.78. The fraction of sp³-hybridized carbons (Fsp3) is 0.571. The molecule has 1 aromatic rings. The van der Waals surface area contributed by atoms with Gasteiger partial charge >= 0.3 is 30.7 Å². The van der Waals surface area contributed by atoms with E-state index in [1.807, 2.05) is 27.7 Å². The summed E-state index contributed by atoms with van der Waals surface area (Å²) in [4.78, 5) is 0. The Labute approximate surface area is 149 Å². The van der Waals surface area contributed by atoms with Gasteiger partial charge < -0.3 is 4.18 Å². The van der Waals surface area contributed by atoms with Gasteiger partial charge in [-0.2, -0.15) is 34.4 Å². The second kappa shape index (κ2) is 6.64. The van der Waals surface area contributed by atoms with Crippen LogP contribution in [0.4, 0.5) is 17.6 Å². The summed E-state index contributed by atoms with van der Waals surface area (Å²) in [6, 6.07) is 4.66. The minimum Gasteiger partial charge on any atom is -0.378 e. The molecule has 0 fully saturated rings. The molecule has 0 bridgehead atoms. The van der Waals surface area contributed by atoms with E-state index in [-0.39, 0.29) is 11.3 Å². The van der Waals surface area contributed by atoms with Gasteiger partial charge in [0.05, 0.1) is 0 Å². The summed E-state index contributed by atoms with van der Waals surface area (Å²) in [5, 5.41) is -12.5. The summed E-state index contributed by atoms with van der Waals surface area (Å²) in [6.07, 6.45) is 0. The second-order valence-corrected chi connectivity index (χ2v) is 9.75. The Morgan fingerprint density at radius 1 is 0.923 bits per heavy atom. The van der Waals surface area contributed by atoms with Crippen molar-refractivity contribution < 1.29 is 43.1 Å². The summed E-state index contributed by atoms with van der Waals surface area (Å²) < 4.78 is 109. The van der Waals surface area contributed by atoms with Crippen LogP contribution in [0.15, 0.2) is 24.3 Å². The maximum Gasteiger partial charge on any atom is 0.460 e. The Morgan fingerprint density at radius 3 is 1.69 bits per heavy atom. The third-order valence-electron chi connectivity index (χ3n) is 3.86. The molecule has 0 aliphatic heterocycles. The molecule has 0 saturated heterocycles. The highest BCUT2D eigenvalue weighted by Crippen LogP contribution is 2.43. The zero-order valence-corrected chi connectivity index (χ0v) is 15.8. The molecule has 1 atom stereocenters. The maximum atomic E-state index is 13.5. The molecule has 12 heteroatoms. The topological polar surface area (TPSA) is 97.7 Å². The Hall–Kier alpha value is -1.40. The second-order valence-electron chi connectivity index (χ2n) is 6.70. The van der Waals surface area contributed by atoms with Crippen LogP contribution in [-0.4, -0.2) is 31.9 Å². The zero-order valence-electron chi connectivity index (χ0n) is 14.2. The number of hydrogen-bond acceptors (Lipinski definition) is 5. The average Bonchev–Trinajstić information content (AvgIpc) is 2.44. The molecular formula is C14H18F4O6S2. The number of halogens is 4. The molecule has 150 valence electrons. The first-order chi connectivity index (χ1) is 11.3. The van der Waals surface area contributed by atoms with Crippen molar-refractivity contribution in [1.29, 1.82) is 0 Å². The molecule has 0 spiro atoms. The van der Waals surface area contributed by atoms with Crippen molar-refractivity contribution in [2.75, 3.05) is 0 Å². The van der Waals surface area contributed by atoms with E-state index >= 15 is 0 Å². The average molecular weight is 422 g/mol. The fourth-order valence-corrected chi connectivity index (χ4v) is 3.47. The van der Waals surface area contributed by atoms with Crippen LogP contribution < -0.4 is 4.18 Å². The van der Waals surface area contributed by atoms with Crippen molar-refractivity contribution >= 4 is 20.2 Å². The van der Waals surface area contributed by atoms with E-state index in [0.717, 1.165) is 12.1 Å². The molecule has 1 N–H and O–H groups in total. The summed E-state index contributed by atoms with van der Waals surface area (Å²) in [7, 11) is -13.2. The van der Waals surface area contributed by atoms with E-state index < -0.39 is 36.5 Å². The number of rotatable bonds is 6. The first-order valence-electron chi connectivity index (χ1n) is 7.11. The van der Waals surface area contributed by atoms with E-state index in [1.54, 1.807) is 0 Å². The van der Waals surface area contributed by atoms with Crippen LogP contribution >= 0.6 is 0 Å². The van der Waals surface area contributed by atoms with Gasteiger partial charge in [0.1, 0.15) is 5.75 Å². The van der Waals surface area contributed by atoms with E-state index in [0.29, 0.717) is 5.56 Å². The normalized spacial score (nSPS) is 15.6. The van der Waals surface area contributed by atoms with Gasteiger partial charge in [-0.3, -0.25) is 4.55 Å². The van der Waals surface area contributed by atoms with Crippen molar-refractivity contribution in [3.05, 3.63) is 29.8 Å². The lowest BCUT2D eigenvalue weighted by atomic mass is 9.78. The Morgan fingerprint density at radius 2 is 1.35 bits per heavy atom. The van der Waals surface area contributed by atoms with Gasteiger partial charge in [-0.1, -0.05) is 39.8 Å². The largest absolute Gasteiger partial charge is 0.460 e. The predicted molar refractivity (Wildman–Crippen MR) is 85.3 cm³/mol. The van der Waals surface area contributed by atoms with Gasteiger partial charge in [-0.15, -0.1) is 0 Å². The van der Waals surface area contributed by atoms with Crippen molar-refractivity contribution in [1.82, 2.24) is 0 Å². The van der Waals surface area contributed by atoms with Crippen molar-refractivity contribution in [3.8, 4) is 5.75 Å². The Balaban J connectivity index is 3.19. The molecular weight excluding hydrogens is 404 g/mol. The van der Waals surface area contributed by atoms with E-state index in [2.05, 4.69) is 4.18 Å². The SMILES string of the molecule is CC(c1ccc(OS(=O)(=O)C(F)(F)C(F)(F)S(=O)(=O)O)cc1)C(C)(C)C. The molecule has 0 heterocycles. The van der Waals surface area contributed by atoms with Crippen LogP contribution in [0.2, 0.25) is 0 Å². The van der Waals surface area contributed by atoms with Crippen LogP contribution in [0.1, 0.15) is 39.2 Å². The summed E-state index contributed by atoms with van der Waals surface area (Å²) >= 11 is 0. The molecule has 0 radical (unpaired) electrons. The summed E-state index contributed by atoms with van der Waals surface area (Å²) in [5.74, 6) is -0.737. The lowest BCUT2D eigenvalue weighted by Gasteiger charge is -2.27. The highest BCUT2D eigenvalue weighted by Gasteiger charge is 2.74. The van der Waals surface area contributed by atoms with Gasteiger partial charge in [0.2, 0.25) is 0 Å². The Bertz CT molecular complexity index is 856. The number of hydrogen-bond donors (Lipinski definition) is 1. The number of alkyl halides is 4. The van der Waals surface area contributed by atoms with Crippen molar-refractivity contribution in [3.63, 3.8) is 0 Å². The predicted octanol–water partition coefficient (Wildman–Crippen LogP) is 3.62. The zero-order chi connectivity index (χ0) is 20.8. The van der Waals surface area contributed by atoms with Gasteiger partial charge in [0, 0.05) is 0 Å². The first kappa shape index (κ1) is 22.6. The third-order valence-corrected chi connectivity index (χ3v) is 6.19. The van der Waals surface area contributed by atoms with Crippen molar-refractivity contribution in [2.24, 2.45) is 5.41 Å². The monoisotopic (exact) mass is 422 g/mol. The fourth-order valence-electron chi connectivity index (χ4n) is 1.79. The van der Waals surface area contributed by atoms with Gasteiger partial charge in [-0.25, -0.2) is 0 Å². The molecule has 26 heavy (non-hydrogen) atoms. The highest BCUT2D eigenvalue weighted by molar-refractivity contribution is 7.91. The number of benzene rings is 1. The smallest absolute Gasteiger partial charge is 0.378 e. The van der Waals surface area contributed by atoms with Crippen molar-refractivity contribution in [2.45, 2.75) is 44.1 Å². The molecule has 1 rings (SSSR count). The lowest BCUT2D eigenvalue weighted by Crippen LogP contribution is -2.53. The first-order valence-corrected chi connectivity index (χ1v) is 9.96. The van der Waals surface area contributed by atoms with Crippen LogP contribution in [0.25, 0.3) is 0 Å². The molecule has 6 nitrogen and oxygen atoms in total. The molecule has 0 aromatic heterocycles. The standard InChI is InChI=1S/C14H18F4O6S2/c1-9(12(2,3)4)10-5-7-11(8-6-10)24-26(22,23)14(17,18)13(15,16)25(19,20)21/h5-9H,1-4H3,(H,19,20,21). The minimum absolute atomic E-state index is 0.0153. The van der Waals surface area contributed by atoms with E-state index in [1.165, 1.54) is 12.1 Å². The van der Waals surface area contributed by atoms with E-state index in [4.69, 9.17) is 4.55 Å². The summed E-state index contributed by atoms with van der Waals surface area (Å²) in [5.41, 5.74) is 0.538. The third kappa shape index (κ3) is 4.12. The summed E-state index contributed by atoms with van der Waals surface area (Å²) in [6.45, 7) is 7.67. The quantitative estimate of drug-likeness (QED) is 0.427. The van der Waals surface area contributed by atoms with Gasteiger partial charge in [-0.05, 0) is 29.0 Å². The van der Waals surface area contributed by atoms with Crippen LogP contribution in [0.5, 0.6) is 5.75 Å². The molecule has 1 unspecified atom stereocenters.